The molecule has 2 nitrogen and oxygen atoms in total. The topological polar surface area (TPSA) is 29.1 Å². The van der Waals surface area contributed by atoms with Crippen LogP contribution in [-0.4, -0.2) is 19.4 Å². The van der Waals surface area contributed by atoms with Crippen LogP contribution in [-0.2, 0) is 11.2 Å². The van der Waals surface area contributed by atoms with E-state index in [1.807, 2.05) is 18.2 Å². The van der Waals surface area contributed by atoms with Crippen molar-refractivity contribution >= 4 is 6.29 Å². The van der Waals surface area contributed by atoms with E-state index in [0.29, 0.717) is 0 Å². The van der Waals surface area contributed by atoms with Gasteiger partial charge in [0.2, 0.25) is 0 Å². The summed E-state index contributed by atoms with van der Waals surface area (Å²) in [6.45, 7) is 0. The lowest BCUT2D eigenvalue weighted by molar-refractivity contribution is -0.109. The quantitative estimate of drug-likeness (QED) is 0.813. The highest BCUT2D eigenvalue weighted by molar-refractivity contribution is 5.64. The molecule has 2 heteroatoms. The minimum absolute atomic E-state index is 0.104. The van der Waals surface area contributed by atoms with E-state index in [9.17, 15) is 4.79 Å². The molecule has 0 aliphatic heterocycles. The third-order valence-electron chi connectivity index (χ3n) is 3.05. The second-order valence-electron chi connectivity index (χ2n) is 4.30. The molecule has 0 amide bonds. The van der Waals surface area contributed by atoms with Crippen molar-refractivity contribution in [1.82, 2.24) is 5.32 Å². The Bertz CT molecular complexity index is 490. The molecule has 1 N–H and O–H groups in total. The Kier molecular flexibility index (Phi) is 4.26. The molecule has 0 saturated heterocycles. The number of carbonyl (C=O) groups is 1. The second kappa shape index (κ2) is 6.12. The predicted molar refractivity (Wildman–Crippen MR) is 74.5 cm³/mol. The molecule has 0 unspecified atom stereocenters. The van der Waals surface area contributed by atoms with Gasteiger partial charge in [0.15, 0.2) is 0 Å². The average Bonchev–Trinajstić information content (AvgIpc) is 2.46. The molecular formula is C16H17NO. The first kappa shape index (κ1) is 12.5. The Morgan fingerprint density at radius 1 is 1.00 bits per heavy atom. The number of likely N-dealkylation sites (N-methyl/N-ethyl adjacent to an activating group) is 1. The van der Waals surface area contributed by atoms with Crippen LogP contribution in [0.1, 0.15) is 5.56 Å². The number of nitrogens with one attached hydrogen (secondary N) is 1. The lowest BCUT2D eigenvalue weighted by Gasteiger charge is -2.09. The van der Waals surface area contributed by atoms with Crippen LogP contribution in [0.15, 0.2) is 54.6 Å². The molecule has 2 rings (SSSR count). The average molecular weight is 239 g/mol. The van der Waals surface area contributed by atoms with E-state index >= 15 is 0 Å². The molecule has 0 spiro atoms. The summed E-state index contributed by atoms with van der Waals surface area (Å²) in [4.78, 5) is 10.8. The maximum atomic E-state index is 10.8. The Morgan fingerprint density at radius 2 is 1.61 bits per heavy atom. The monoisotopic (exact) mass is 239 g/mol. The first-order valence-corrected chi connectivity index (χ1v) is 6.10. The Hall–Kier alpha value is -1.93. The summed E-state index contributed by atoms with van der Waals surface area (Å²) in [6, 6.07) is 18.5. The summed E-state index contributed by atoms with van der Waals surface area (Å²) >= 11 is 0. The fourth-order valence-electron chi connectivity index (χ4n) is 1.94. The number of benzene rings is 2. The molecule has 0 aliphatic rings. The van der Waals surface area contributed by atoms with E-state index < -0.39 is 0 Å². The van der Waals surface area contributed by atoms with Gasteiger partial charge in [-0.2, -0.15) is 0 Å². The highest BCUT2D eigenvalue weighted by Crippen LogP contribution is 2.19. The van der Waals surface area contributed by atoms with Gasteiger partial charge in [0.1, 0.15) is 6.29 Å². The minimum Gasteiger partial charge on any atom is -0.311 e. The van der Waals surface area contributed by atoms with Crippen molar-refractivity contribution in [2.75, 3.05) is 7.05 Å². The van der Waals surface area contributed by atoms with E-state index in [-0.39, 0.29) is 6.04 Å². The van der Waals surface area contributed by atoms with E-state index in [1.54, 1.807) is 7.05 Å². The van der Waals surface area contributed by atoms with Crippen LogP contribution in [0.4, 0.5) is 0 Å². The zero-order chi connectivity index (χ0) is 12.8. The van der Waals surface area contributed by atoms with Gasteiger partial charge in [-0.1, -0.05) is 54.6 Å². The second-order valence-corrected chi connectivity index (χ2v) is 4.30. The van der Waals surface area contributed by atoms with E-state index in [4.69, 9.17) is 0 Å². The Balaban J connectivity index is 2.13. The molecule has 0 radical (unpaired) electrons. The van der Waals surface area contributed by atoms with Crippen LogP contribution in [0.25, 0.3) is 11.1 Å². The number of aldehydes is 1. The molecule has 0 saturated carbocycles. The van der Waals surface area contributed by atoms with Crippen LogP contribution in [0.5, 0.6) is 0 Å². The number of hydrogen-bond acceptors (Lipinski definition) is 2. The highest BCUT2D eigenvalue weighted by atomic mass is 16.1. The van der Waals surface area contributed by atoms with Crippen LogP contribution >= 0.6 is 0 Å². The third kappa shape index (κ3) is 3.05. The fraction of sp³-hybridized carbons (Fsp3) is 0.188. The summed E-state index contributed by atoms with van der Waals surface area (Å²) in [6.07, 6.45) is 1.68. The van der Waals surface area contributed by atoms with Gasteiger partial charge in [-0.3, -0.25) is 0 Å². The lowest BCUT2D eigenvalue weighted by atomic mass is 10.0. The van der Waals surface area contributed by atoms with Crippen molar-refractivity contribution < 1.29 is 4.79 Å². The summed E-state index contributed by atoms with van der Waals surface area (Å²) in [7, 11) is 1.80. The van der Waals surface area contributed by atoms with Crippen LogP contribution < -0.4 is 5.32 Å². The minimum atomic E-state index is -0.104. The molecule has 0 aromatic heterocycles. The van der Waals surface area contributed by atoms with E-state index in [0.717, 1.165) is 12.7 Å². The molecule has 2 aromatic rings. The van der Waals surface area contributed by atoms with E-state index in [1.165, 1.54) is 16.7 Å². The van der Waals surface area contributed by atoms with Gasteiger partial charge in [0.25, 0.3) is 0 Å². The van der Waals surface area contributed by atoms with Gasteiger partial charge >= 0.3 is 0 Å². The van der Waals surface area contributed by atoms with Crippen LogP contribution in [0.3, 0.4) is 0 Å². The van der Waals surface area contributed by atoms with Gasteiger partial charge in [0, 0.05) is 0 Å². The van der Waals surface area contributed by atoms with Gasteiger partial charge in [-0.05, 0) is 30.2 Å². The summed E-state index contributed by atoms with van der Waals surface area (Å²) in [5.41, 5.74) is 3.58. The van der Waals surface area contributed by atoms with Crippen LogP contribution in [0, 0.1) is 0 Å². The van der Waals surface area contributed by atoms with Gasteiger partial charge in [-0.25, -0.2) is 0 Å². The Labute approximate surface area is 108 Å². The first-order chi connectivity index (χ1) is 8.83. The first-order valence-electron chi connectivity index (χ1n) is 6.10. The standard InChI is InChI=1S/C16H17NO/c1-17-16(12-18)11-13-7-9-15(10-8-13)14-5-3-2-4-6-14/h2-10,12,16-17H,11H2,1H3/t16-/m1/s1. The number of hydrogen-bond donors (Lipinski definition) is 1. The number of rotatable bonds is 5. The molecule has 0 heterocycles. The summed E-state index contributed by atoms with van der Waals surface area (Å²) in [5, 5.41) is 2.98. The molecule has 0 bridgehead atoms. The smallest absolute Gasteiger partial charge is 0.137 e. The van der Waals surface area contributed by atoms with Crippen molar-refractivity contribution in [3.8, 4) is 11.1 Å². The van der Waals surface area contributed by atoms with Crippen molar-refractivity contribution in [3.05, 3.63) is 60.2 Å². The molecule has 1 atom stereocenters. The zero-order valence-electron chi connectivity index (χ0n) is 10.5. The molecule has 0 fully saturated rings. The molecule has 18 heavy (non-hydrogen) atoms. The largest absolute Gasteiger partial charge is 0.311 e. The normalized spacial score (nSPS) is 12.1. The maximum absolute atomic E-state index is 10.8. The summed E-state index contributed by atoms with van der Waals surface area (Å²) in [5.74, 6) is 0. The highest BCUT2D eigenvalue weighted by Gasteiger charge is 2.05. The van der Waals surface area contributed by atoms with Crippen molar-refractivity contribution in [1.29, 1.82) is 0 Å². The SMILES string of the molecule is CN[C@@H](C=O)Cc1ccc(-c2ccccc2)cc1. The van der Waals surface area contributed by atoms with E-state index in [2.05, 4.69) is 41.7 Å². The molecule has 0 aliphatic carbocycles. The van der Waals surface area contributed by atoms with Crippen molar-refractivity contribution in [3.63, 3.8) is 0 Å². The van der Waals surface area contributed by atoms with Gasteiger partial charge < -0.3 is 10.1 Å². The molecular weight excluding hydrogens is 222 g/mol. The molecule has 92 valence electrons. The Morgan fingerprint density at radius 3 is 2.17 bits per heavy atom. The zero-order valence-corrected chi connectivity index (χ0v) is 10.5. The van der Waals surface area contributed by atoms with Gasteiger partial charge in [-0.15, -0.1) is 0 Å². The third-order valence-corrected chi connectivity index (χ3v) is 3.05. The molecule has 2 aromatic carbocycles. The fourth-order valence-corrected chi connectivity index (χ4v) is 1.94. The van der Waals surface area contributed by atoms with Crippen molar-refractivity contribution in [2.24, 2.45) is 0 Å². The lowest BCUT2D eigenvalue weighted by Crippen LogP contribution is -2.28. The van der Waals surface area contributed by atoms with Crippen LogP contribution in [0.2, 0.25) is 0 Å². The number of carbonyl (C=O) groups excluding carboxylic acids is 1. The predicted octanol–water partition coefficient (Wildman–Crippen LogP) is 2.68. The van der Waals surface area contributed by atoms with Gasteiger partial charge in [0.05, 0.1) is 6.04 Å². The summed E-state index contributed by atoms with van der Waals surface area (Å²) < 4.78 is 0. The maximum Gasteiger partial charge on any atom is 0.137 e. The van der Waals surface area contributed by atoms with Crippen molar-refractivity contribution in [2.45, 2.75) is 12.5 Å².